The molecule has 0 aliphatic rings. The Balaban J connectivity index is 1.07. The minimum Gasteiger partial charge on any atom is -0.317 e. The van der Waals surface area contributed by atoms with Crippen molar-refractivity contribution in [2.45, 2.75) is 0 Å². The molecule has 0 atom stereocenters. The van der Waals surface area contributed by atoms with Gasteiger partial charge in [0.15, 0.2) is 0 Å². The standard InChI is InChI=1S/C58H41N3/c1-4-18-51(19-5-1)59-35-34-49-36-48(30-33-58(49)59)44-24-26-45(27-25-44)50-39-56(60(52-20-6-2-7-21-52)54-31-28-42-14-10-12-16-46(42)37-54)41-57(40-50)61(53-22-8-3-9-23-53)55-32-29-43-15-11-13-17-47(43)38-55/h1-41H. The van der Waals surface area contributed by atoms with E-state index in [1.807, 2.05) is 0 Å². The molecule has 11 rings (SSSR count). The van der Waals surface area contributed by atoms with Crippen LogP contribution in [0, 0.1) is 0 Å². The zero-order valence-corrected chi connectivity index (χ0v) is 33.5. The molecule has 288 valence electrons. The highest BCUT2D eigenvalue weighted by atomic mass is 15.2. The largest absolute Gasteiger partial charge is 0.317 e. The molecule has 0 amide bonds. The Morgan fingerprint density at radius 2 is 0.705 bits per heavy atom. The van der Waals surface area contributed by atoms with Crippen LogP contribution in [0.5, 0.6) is 0 Å². The Morgan fingerprint density at radius 3 is 1.25 bits per heavy atom. The summed E-state index contributed by atoms with van der Waals surface area (Å²) in [5.74, 6) is 0. The second kappa shape index (κ2) is 15.6. The fourth-order valence-electron chi connectivity index (χ4n) is 8.69. The minimum atomic E-state index is 1.06. The lowest BCUT2D eigenvalue weighted by atomic mass is 9.98. The molecule has 0 aliphatic carbocycles. The van der Waals surface area contributed by atoms with Gasteiger partial charge in [-0.2, -0.15) is 0 Å². The molecule has 0 saturated carbocycles. The molecular weight excluding hydrogens is 739 g/mol. The monoisotopic (exact) mass is 779 g/mol. The fourth-order valence-corrected chi connectivity index (χ4v) is 8.69. The highest BCUT2D eigenvalue weighted by Crippen LogP contribution is 2.44. The van der Waals surface area contributed by atoms with Crippen molar-refractivity contribution in [1.29, 1.82) is 0 Å². The van der Waals surface area contributed by atoms with Crippen molar-refractivity contribution >= 4 is 66.6 Å². The van der Waals surface area contributed by atoms with Crippen LogP contribution in [-0.2, 0) is 0 Å². The summed E-state index contributed by atoms with van der Waals surface area (Å²) in [5.41, 5.74) is 13.5. The Hall–Kier alpha value is -8.14. The first kappa shape index (κ1) is 36.0. The van der Waals surface area contributed by atoms with E-state index >= 15 is 0 Å². The van der Waals surface area contributed by atoms with Gasteiger partial charge in [0.25, 0.3) is 0 Å². The maximum atomic E-state index is 2.38. The van der Waals surface area contributed by atoms with Crippen LogP contribution in [0.2, 0.25) is 0 Å². The van der Waals surface area contributed by atoms with Crippen molar-refractivity contribution in [2.75, 3.05) is 9.80 Å². The number of anilines is 6. The van der Waals surface area contributed by atoms with Crippen LogP contribution in [0.3, 0.4) is 0 Å². The number of rotatable bonds is 9. The van der Waals surface area contributed by atoms with Gasteiger partial charge in [-0.25, -0.2) is 0 Å². The van der Waals surface area contributed by atoms with Gasteiger partial charge < -0.3 is 14.4 Å². The van der Waals surface area contributed by atoms with E-state index in [1.54, 1.807) is 0 Å². The number of para-hydroxylation sites is 3. The molecule has 61 heavy (non-hydrogen) atoms. The average molecular weight is 780 g/mol. The normalized spacial score (nSPS) is 11.3. The zero-order chi connectivity index (χ0) is 40.5. The third-order valence-corrected chi connectivity index (χ3v) is 11.7. The Labute approximate surface area is 356 Å². The summed E-state index contributed by atoms with van der Waals surface area (Å²) < 4.78 is 2.25. The van der Waals surface area contributed by atoms with Crippen LogP contribution in [0.4, 0.5) is 34.1 Å². The summed E-state index contributed by atoms with van der Waals surface area (Å²) in [6.45, 7) is 0. The SMILES string of the molecule is c1ccc(N(c2cc(-c3ccc(-c4ccc5c(ccn5-c5ccccc5)c4)cc3)cc(N(c3ccccc3)c3ccc4ccccc4c3)c2)c2ccc3ccccc3c2)cc1. The summed E-state index contributed by atoms with van der Waals surface area (Å²) in [6, 6.07) is 87.6. The van der Waals surface area contributed by atoms with Crippen LogP contribution in [0.1, 0.15) is 0 Å². The lowest BCUT2D eigenvalue weighted by molar-refractivity contribution is 1.13. The third kappa shape index (κ3) is 6.98. The van der Waals surface area contributed by atoms with Crippen LogP contribution in [-0.4, -0.2) is 4.57 Å². The van der Waals surface area contributed by atoms with Crippen molar-refractivity contribution in [1.82, 2.24) is 4.57 Å². The summed E-state index contributed by atoms with van der Waals surface area (Å²) in [6.07, 6.45) is 2.16. The number of aromatic nitrogens is 1. The van der Waals surface area contributed by atoms with E-state index in [4.69, 9.17) is 0 Å². The average Bonchev–Trinajstić information content (AvgIpc) is 3.76. The molecule has 0 fully saturated rings. The highest BCUT2D eigenvalue weighted by Gasteiger charge is 2.20. The van der Waals surface area contributed by atoms with E-state index in [-0.39, 0.29) is 0 Å². The predicted molar refractivity (Wildman–Crippen MR) is 259 cm³/mol. The molecule has 0 N–H and O–H groups in total. The molecule has 0 bridgehead atoms. The van der Waals surface area contributed by atoms with Crippen molar-refractivity contribution in [2.24, 2.45) is 0 Å². The van der Waals surface area contributed by atoms with Gasteiger partial charge in [-0.15, -0.1) is 0 Å². The number of fused-ring (bicyclic) bond motifs is 3. The zero-order valence-electron chi connectivity index (χ0n) is 33.5. The Morgan fingerprint density at radius 1 is 0.246 bits per heavy atom. The molecule has 0 unspecified atom stereocenters. The van der Waals surface area contributed by atoms with E-state index < -0.39 is 0 Å². The minimum absolute atomic E-state index is 1.06. The Kier molecular flexibility index (Phi) is 9.18. The molecule has 0 aliphatic heterocycles. The molecular formula is C58H41N3. The van der Waals surface area contributed by atoms with Crippen molar-refractivity contribution in [3.63, 3.8) is 0 Å². The number of hydrogen-bond acceptors (Lipinski definition) is 2. The van der Waals surface area contributed by atoms with Gasteiger partial charge in [0.1, 0.15) is 0 Å². The molecule has 3 nitrogen and oxygen atoms in total. The van der Waals surface area contributed by atoms with E-state index in [2.05, 4.69) is 263 Å². The number of hydrogen-bond donors (Lipinski definition) is 0. The second-order valence-electron chi connectivity index (χ2n) is 15.5. The van der Waals surface area contributed by atoms with Crippen molar-refractivity contribution < 1.29 is 0 Å². The van der Waals surface area contributed by atoms with Gasteiger partial charge in [-0.3, -0.25) is 0 Å². The van der Waals surface area contributed by atoms with E-state index in [9.17, 15) is 0 Å². The molecule has 0 saturated heterocycles. The van der Waals surface area contributed by atoms with Gasteiger partial charge in [0, 0.05) is 51.4 Å². The Bertz CT molecular complexity index is 3160. The predicted octanol–water partition coefficient (Wildman–Crippen LogP) is 16.2. The highest BCUT2D eigenvalue weighted by molar-refractivity contribution is 5.94. The van der Waals surface area contributed by atoms with Crippen LogP contribution >= 0.6 is 0 Å². The van der Waals surface area contributed by atoms with E-state index in [0.717, 1.165) is 50.9 Å². The molecule has 0 radical (unpaired) electrons. The molecule has 1 heterocycles. The summed E-state index contributed by atoms with van der Waals surface area (Å²) in [4.78, 5) is 4.77. The van der Waals surface area contributed by atoms with Crippen LogP contribution < -0.4 is 9.80 Å². The van der Waals surface area contributed by atoms with Crippen LogP contribution in [0.25, 0.3) is 60.4 Å². The lowest BCUT2D eigenvalue weighted by Gasteiger charge is -2.30. The molecule has 10 aromatic carbocycles. The van der Waals surface area contributed by atoms with Gasteiger partial charge >= 0.3 is 0 Å². The third-order valence-electron chi connectivity index (χ3n) is 11.7. The van der Waals surface area contributed by atoms with E-state index in [1.165, 1.54) is 43.6 Å². The molecule has 11 aromatic rings. The van der Waals surface area contributed by atoms with E-state index in [0.29, 0.717) is 0 Å². The summed E-state index contributed by atoms with van der Waals surface area (Å²) in [5, 5.41) is 6.04. The fraction of sp³-hybridized carbons (Fsp3) is 0. The summed E-state index contributed by atoms with van der Waals surface area (Å²) >= 11 is 0. The summed E-state index contributed by atoms with van der Waals surface area (Å²) in [7, 11) is 0. The van der Waals surface area contributed by atoms with Crippen molar-refractivity contribution in [3.8, 4) is 27.9 Å². The number of nitrogens with zero attached hydrogens (tertiary/aromatic N) is 3. The smallest absolute Gasteiger partial charge is 0.0528 e. The molecule has 0 spiro atoms. The van der Waals surface area contributed by atoms with Gasteiger partial charge in [0.2, 0.25) is 0 Å². The van der Waals surface area contributed by atoms with Gasteiger partial charge in [-0.05, 0) is 141 Å². The van der Waals surface area contributed by atoms with Crippen molar-refractivity contribution in [3.05, 3.63) is 249 Å². The second-order valence-corrected chi connectivity index (χ2v) is 15.5. The molecule has 3 heteroatoms. The lowest BCUT2D eigenvalue weighted by Crippen LogP contribution is -2.13. The quantitative estimate of drug-likeness (QED) is 0.145. The first-order chi connectivity index (χ1) is 30.2. The first-order valence-corrected chi connectivity index (χ1v) is 20.8. The molecule has 1 aromatic heterocycles. The topological polar surface area (TPSA) is 11.4 Å². The van der Waals surface area contributed by atoms with Crippen LogP contribution in [0.15, 0.2) is 249 Å². The van der Waals surface area contributed by atoms with Gasteiger partial charge in [0.05, 0.1) is 5.52 Å². The maximum absolute atomic E-state index is 2.38. The maximum Gasteiger partial charge on any atom is 0.0528 e. The van der Waals surface area contributed by atoms with Gasteiger partial charge in [-0.1, -0.05) is 146 Å². The number of benzene rings is 10. The first-order valence-electron chi connectivity index (χ1n) is 20.8.